The minimum Gasteiger partial charge on any atom is -0.375 e. The summed E-state index contributed by atoms with van der Waals surface area (Å²) in [5.74, 6) is 0. The van der Waals surface area contributed by atoms with Gasteiger partial charge in [0.15, 0.2) is 5.17 Å². The summed E-state index contributed by atoms with van der Waals surface area (Å²) in [5.41, 5.74) is 0.397. The van der Waals surface area contributed by atoms with Gasteiger partial charge in [0, 0.05) is 17.9 Å². The van der Waals surface area contributed by atoms with Crippen LogP contribution >= 0.6 is 11.8 Å². The van der Waals surface area contributed by atoms with Gasteiger partial charge in [0.2, 0.25) is 0 Å². The molecule has 2 rings (SSSR count). The van der Waals surface area contributed by atoms with Crippen molar-refractivity contribution in [3.63, 3.8) is 0 Å². The van der Waals surface area contributed by atoms with Crippen LogP contribution in [0.1, 0.15) is 53.9 Å². The first-order valence-corrected chi connectivity index (χ1v) is 8.23. The molecule has 19 heavy (non-hydrogen) atoms. The average molecular weight is 284 g/mol. The molecule has 1 fully saturated rings. The maximum absolute atomic E-state index is 5.76. The van der Waals surface area contributed by atoms with Gasteiger partial charge in [-0.15, -0.1) is 0 Å². The number of hydrogen-bond donors (Lipinski definition) is 1. The summed E-state index contributed by atoms with van der Waals surface area (Å²) in [6, 6.07) is 0.517. The minimum absolute atomic E-state index is 0.00452. The van der Waals surface area contributed by atoms with E-state index in [2.05, 4.69) is 44.9 Å². The van der Waals surface area contributed by atoms with Crippen molar-refractivity contribution >= 4 is 16.9 Å². The van der Waals surface area contributed by atoms with E-state index in [1.807, 2.05) is 11.8 Å². The lowest BCUT2D eigenvalue weighted by atomic mass is 9.90. The zero-order valence-electron chi connectivity index (χ0n) is 13.0. The fourth-order valence-electron chi connectivity index (χ4n) is 2.82. The summed E-state index contributed by atoms with van der Waals surface area (Å²) >= 11 is 1.93. The molecule has 2 unspecified atom stereocenters. The molecule has 0 aliphatic carbocycles. The molecule has 2 atom stereocenters. The number of thioether (sulfide) groups is 1. The SMILES string of the molecule is CC(C)(C)CC1CN=C(NC2CCOC(C)(C)C2)S1. The summed E-state index contributed by atoms with van der Waals surface area (Å²) in [7, 11) is 0. The molecule has 110 valence electrons. The van der Waals surface area contributed by atoms with Gasteiger partial charge < -0.3 is 10.1 Å². The third-order valence-electron chi connectivity index (χ3n) is 3.58. The molecule has 0 aromatic heterocycles. The molecule has 1 N–H and O–H groups in total. The second kappa shape index (κ2) is 5.65. The number of rotatable bonds is 2. The fourth-order valence-corrected chi connectivity index (χ4v) is 4.25. The van der Waals surface area contributed by atoms with Gasteiger partial charge in [-0.05, 0) is 38.5 Å². The lowest BCUT2D eigenvalue weighted by Crippen LogP contribution is -2.45. The largest absolute Gasteiger partial charge is 0.375 e. The molecule has 3 nitrogen and oxygen atoms in total. The summed E-state index contributed by atoms with van der Waals surface area (Å²) < 4.78 is 5.76. The number of nitrogens with one attached hydrogen (secondary N) is 1. The van der Waals surface area contributed by atoms with Crippen LogP contribution in [0.4, 0.5) is 0 Å². The lowest BCUT2D eigenvalue weighted by molar-refractivity contribution is -0.0603. The van der Waals surface area contributed by atoms with Crippen LogP contribution in [0.5, 0.6) is 0 Å². The topological polar surface area (TPSA) is 33.6 Å². The third kappa shape index (κ3) is 4.99. The van der Waals surface area contributed by atoms with Crippen LogP contribution in [-0.4, -0.2) is 35.2 Å². The molecule has 0 radical (unpaired) electrons. The summed E-state index contributed by atoms with van der Waals surface area (Å²) in [6.45, 7) is 13.1. The normalized spacial score (nSPS) is 31.1. The summed E-state index contributed by atoms with van der Waals surface area (Å²) in [5, 5.41) is 5.42. The maximum Gasteiger partial charge on any atom is 0.157 e. The van der Waals surface area contributed by atoms with Crippen molar-refractivity contribution in [3.05, 3.63) is 0 Å². The zero-order chi connectivity index (χ0) is 14.1. The van der Waals surface area contributed by atoms with Crippen LogP contribution in [0.2, 0.25) is 0 Å². The van der Waals surface area contributed by atoms with E-state index < -0.39 is 0 Å². The third-order valence-corrected chi connectivity index (χ3v) is 4.70. The van der Waals surface area contributed by atoms with Gasteiger partial charge in [0.1, 0.15) is 0 Å². The molecule has 2 aliphatic heterocycles. The van der Waals surface area contributed by atoms with Crippen molar-refractivity contribution in [2.24, 2.45) is 10.4 Å². The highest BCUT2D eigenvalue weighted by atomic mass is 32.2. The highest BCUT2D eigenvalue weighted by Gasteiger charge is 2.31. The second-order valence-corrected chi connectivity index (χ2v) is 8.88. The van der Waals surface area contributed by atoms with Gasteiger partial charge in [0.05, 0.1) is 12.1 Å². The predicted octanol–water partition coefficient (Wildman–Crippen LogP) is 3.44. The Labute approximate surface area is 122 Å². The number of amidine groups is 1. The van der Waals surface area contributed by atoms with E-state index in [-0.39, 0.29) is 5.60 Å². The Morgan fingerprint density at radius 1 is 1.42 bits per heavy atom. The van der Waals surface area contributed by atoms with Crippen LogP contribution in [0.3, 0.4) is 0 Å². The second-order valence-electron chi connectivity index (χ2n) is 7.59. The Morgan fingerprint density at radius 3 is 2.79 bits per heavy atom. The number of ether oxygens (including phenoxy) is 1. The van der Waals surface area contributed by atoms with Crippen molar-refractivity contribution in [2.45, 2.75) is 70.8 Å². The molecule has 0 aromatic rings. The van der Waals surface area contributed by atoms with Gasteiger partial charge in [0.25, 0.3) is 0 Å². The smallest absolute Gasteiger partial charge is 0.157 e. The van der Waals surface area contributed by atoms with E-state index in [0.717, 1.165) is 31.2 Å². The standard InChI is InChI=1S/C15H28N2OS/c1-14(2,3)9-12-10-16-13(19-12)17-11-6-7-18-15(4,5)8-11/h11-12H,6-10H2,1-5H3,(H,16,17). The number of nitrogens with zero attached hydrogens (tertiary/aromatic N) is 1. The van der Waals surface area contributed by atoms with Crippen molar-refractivity contribution in [1.82, 2.24) is 5.32 Å². The highest BCUT2D eigenvalue weighted by Crippen LogP contribution is 2.32. The average Bonchev–Trinajstić information content (AvgIpc) is 2.61. The number of aliphatic imine (C=N–C) groups is 1. The molecule has 0 spiro atoms. The highest BCUT2D eigenvalue weighted by molar-refractivity contribution is 8.14. The Bertz CT molecular complexity index is 347. The molecule has 2 aliphatic rings. The molecule has 0 saturated carbocycles. The van der Waals surface area contributed by atoms with Gasteiger partial charge in [-0.1, -0.05) is 32.5 Å². The first-order chi connectivity index (χ1) is 8.73. The Kier molecular flexibility index (Phi) is 4.51. The number of hydrogen-bond acceptors (Lipinski definition) is 4. The van der Waals surface area contributed by atoms with Gasteiger partial charge in [-0.3, -0.25) is 4.99 Å². The molecule has 2 heterocycles. The monoisotopic (exact) mass is 284 g/mol. The van der Waals surface area contributed by atoms with E-state index in [4.69, 9.17) is 4.74 Å². The molecular weight excluding hydrogens is 256 g/mol. The minimum atomic E-state index is 0.00452. The van der Waals surface area contributed by atoms with Crippen LogP contribution < -0.4 is 5.32 Å². The molecule has 1 saturated heterocycles. The van der Waals surface area contributed by atoms with E-state index in [1.54, 1.807) is 0 Å². The van der Waals surface area contributed by atoms with Crippen LogP contribution in [0.15, 0.2) is 4.99 Å². The fraction of sp³-hybridized carbons (Fsp3) is 0.933. The Hall–Kier alpha value is -0.220. The molecular formula is C15H28N2OS. The molecule has 4 heteroatoms. The van der Waals surface area contributed by atoms with Crippen molar-refractivity contribution in [1.29, 1.82) is 0 Å². The summed E-state index contributed by atoms with van der Waals surface area (Å²) in [4.78, 5) is 4.67. The van der Waals surface area contributed by atoms with E-state index in [1.165, 1.54) is 6.42 Å². The van der Waals surface area contributed by atoms with Crippen LogP contribution in [-0.2, 0) is 4.74 Å². The van der Waals surface area contributed by atoms with Gasteiger partial charge in [-0.2, -0.15) is 0 Å². The first-order valence-electron chi connectivity index (χ1n) is 7.35. The quantitative estimate of drug-likeness (QED) is 0.843. The zero-order valence-corrected chi connectivity index (χ0v) is 13.8. The van der Waals surface area contributed by atoms with E-state index in [9.17, 15) is 0 Å². The lowest BCUT2D eigenvalue weighted by Gasteiger charge is -2.36. The van der Waals surface area contributed by atoms with Crippen molar-refractivity contribution in [3.8, 4) is 0 Å². The van der Waals surface area contributed by atoms with E-state index >= 15 is 0 Å². The van der Waals surface area contributed by atoms with Crippen LogP contribution in [0.25, 0.3) is 0 Å². The van der Waals surface area contributed by atoms with Gasteiger partial charge >= 0.3 is 0 Å². The maximum atomic E-state index is 5.76. The van der Waals surface area contributed by atoms with E-state index in [0.29, 0.717) is 16.7 Å². The van der Waals surface area contributed by atoms with Crippen LogP contribution in [0, 0.1) is 5.41 Å². The Morgan fingerprint density at radius 2 is 2.16 bits per heavy atom. The Balaban J connectivity index is 1.79. The summed E-state index contributed by atoms with van der Waals surface area (Å²) in [6.07, 6.45) is 3.38. The van der Waals surface area contributed by atoms with Crippen molar-refractivity contribution < 1.29 is 4.74 Å². The molecule has 0 amide bonds. The first kappa shape index (κ1) is 15.2. The molecule has 0 aromatic carbocycles. The van der Waals surface area contributed by atoms with Gasteiger partial charge in [-0.25, -0.2) is 0 Å². The molecule has 0 bridgehead atoms. The van der Waals surface area contributed by atoms with Crippen molar-refractivity contribution in [2.75, 3.05) is 13.2 Å². The predicted molar refractivity (Wildman–Crippen MR) is 83.9 cm³/mol.